The highest BCUT2D eigenvalue weighted by Gasteiger charge is 2.24. The van der Waals surface area contributed by atoms with Gasteiger partial charge >= 0.3 is 0 Å². The molecule has 142 valence electrons. The van der Waals surface area contributed by atoms with Crippen LogP contribution in [0, 0.1) is 6.92 Å². The SMILES string of the molecule is Cc1[nH]c2ccccc2c1CC(=O)N1Cc2ccc(/C=C(\O)C(N)=O)cc2C1. The molecule has 0 saturated carbocycles. The molecule has 1 aliphatic heterocycles. The van der Waals surface area contributed by atoms with Gasteiger partial charge in [-0.15, -0.1) is 0 Å². The molecule has 0 fully saturated rings. The van der Waals surface area contributed by atoms with Crippen LogP contribution >= 0.6 is 0 Å². The number of rotatable bonds is 4. The van der Waals surface area contributed by atoms with E-state index in [0.717, 1.165) is 33.3 Å². The lowest BCUT2D eigenvalue weighted by Gasteiger charge is -2.15. The van der Waals surface area contributed by atoms with Gasteiger partial charge in [0.05, 0.1) is 6.42 Å². The third-order valence-electron chi connectivity index (χ3n) is 5.22. The van der Waals surface area contributed by atoms with E-state index in [4.69, 9.17) is 5.73 Å². The van der Waals surface area contributed by atoms with Gasteiger partial charge in [0.2, 0.25) is 5.91 Å². The molecule has 1 aromatic heterocycles. The third-order valence-corrected chi connectivity index (χ3v) is 5.22. The Bertz CT molecular complexity index is 1130. The lowest BCUT2D eigenvalue weighted by Crippen LogP contribution is -2.27. The normalized spacial score (nSPS) is 13.8. The zero-order chi connectivity index (χ0) is 19.8. The van der Waals surface area contributed by atoms with E-state index < -0.39 is 11.7 Å². The molecule has 6 nitrogen and oxygen atoms in total. The number of H-pyrrole nitrogens is 1. The van der Waals surface area contributed by atoms with Gasteiger partial charge in [-0.3, -0.25) is 9.59 Å². The first kappa shape index (κ1) is 17.9. The van der Waals surface area contributed by atoms with Crippen molar-refractivity contribution in [1.29, 1.82) is 0 Å². The van der Waals surface area contributed by atoms with Crippen LogP contribution < -0.4 is 5.73 Å². The second-order valence-corrected chi connectivity index (χ2v) is 7.12. The maximum atomic E-state index is 12.9. The van der Waals surface area contributed by atoms with Crippen LogP contribution in [0.5, 0.6) is 0 Å². The van der Waals surface area contributed by atoms with Crippen LogP contribution in [0.15, 0.2) is 48.2 Å². The molecule has 2 amide bonds. The van der Waals surface area contributed by atoms with E-state index in [1.54, 1.807) is 6.07 Å². The summed E-state index contributed by atoms with van der Waals surface area (Å²) < 4.78 is 0. The van der Waals surface area contributed by atoms with Crippen molar-refractivity contribution < 1.29 is 14.7 Å². The number of hydrogen-bond acceptors (Lipinski definition) is 3. The lowest BCUT2D eigenvalue weighted by molar-refractivity contribution is -0.131. The minimum atomic E-state index is -0.869. The molecule has 4 rings (SSSR count). The highest BCUT2D eigenvalue weighted by atomic mass is 16.3. The van der Waals surface area contributed by atoms with Crippen LogP contribution in [0.25, 0.3) is 17.0 Å². The summed E-state index contributed by atoms with van der Waals surface area (Å²) >= 11 is 0. The fourth-order valence-corrected chi connectivity index (χ4v) is 3.74. The molecule has 4 N–H and O–H groups in total. The Morgan fingerprint density at radius 1 is 1.18 bits per heavy atom. The van der Waals surface area contributed by atoms with Crippen molar-refractivity contribution in [2.45, 2.75) is 26.4 Å². The topological polar surface area (TPSA) is 99.4 Å². The van der Waals surface area contributed by atoms with E-state index in [0.29, 0.717) is 25.1 Å². The first-order chi connectivity index (χ1) is 13.4. The Kier molecular flexibility index (Phi) is 4.39. The second-order valence-electron chi connectivity index (χ2n) is 7.12. The average molecular weight is 375 g/mol. The molecule has 2 heterocycles. The first-order valence-corrected chi connectivity index (χ1v) is 9.08. The van der Waals surface area contributed by atoms with Crippen molar-refractivity contribution in [2.75, 3.05) is 0 Å². The van der Waals surface area contributed by atoms with Crippen molar-refractivity contribution >= 4 is 28.8 Å². The number of nitrogens with zero attached hydrogens (tertiary/aromatic N) is 1. The van der Waals surface area contributed by atoms with E-state index in [1.165, 1.54) is 6.08 Å². The van der Waals surface area contributed by atoms with Crippen molar-refractivity contribution in [3.63, 3.8) is 0 Å². The van der Waals surface area contributed by atoms with Crippen molar-refractivity contribution in [1.82, 2.24) is 9.88 Å². The summed E-state index contributed by atoms with van der Waals surface area (Å²) in [6.45, 7) is 3.06. The van der Waals surface area contributed by atoms with Gasteiger partial charge in [-0.25, -0.2) is 0 Å². The van der Waals surface area contributed by atoms with Gasteiger partial charge in [0.15, 0.2) is 5.76 Å². The molecule has 3 aromatic rings. The van der Waals surface area contributed by atoms with Crippen molar-refractivity contribution in [3.8, 4) is 0 Å². The van der Waals surface area contributed by atoms with Crippen LogP contribution in [0.2, 0.25) is 0 Å². The largest absolute Gasteiger partial charge is 0.503 e. The Morgan fingerprint density at radius 2 is 1.93 bits per heavy atom. The summed E-state index contributed by atoms with van der Waals surface area (Å²) in [6, 6.07) is 13.6. The van der Waals surface area contributed by atoms with Crippen LogP contribution in [-0.4, -0.2) is 26.8 Å². The second kappa shape index (κ2) is 6.88. The summed E-state index contributed by atoms with van der Waals surface area (Å²) in [5.74, 6) is -1.28. The number of para-hydroxylation sites is 1. The number of amides is 2. The molecule has 6 heteroatoms. The Morgan fingerprint density at radius 3 is 2.71 bits per heavy atom. The molecular formula is C22H21N3O3. The number of aromatic amines is 1. The molecule has 0 spiro atoms. The molecule has 0 saturated heterocycles. The van der Waals surface area contributed by atoms with Crippen LogP contribution in [0.4, 0.5) is 0 Å². The van der Waals surface area contributed by atoms with E-state index in [1.807, 2.05) is 48.2 Å². The molecule has 0 unspecified atom stereocenters. The maximum absolute atomic E-state index is 12.9. The number of aryl methyl sites for hydroxylation is 1. The predicted molar refractivity (Wildman–Crippen MR) is 107 cm³/mol. The minimum Gasteiger partial charge on any atom is -0.503 e. The van der Waals surface area contributed by atoms with Crippen molar-refractivity contribution in [2.24, 2.45) is 5.73 Å². The Hall–Kier alpha value is -3.54. The fraction of sp³-hybridized carbons (Fsp3) is 0.182. The van der Waals surface area contributed by atoms with Crippen LogP contribution in [-0.2, 0) is 29.1 Å². The predicted octanol–water partition coefficient (Wildman–Crippen LogP) is 2.95. The summed E-state index contributed by atoms with van der Waals surface area (Å²) in [4.78, 5) is 29.1. The van der Waals surface area contributed by atoms with Gasteiger partial charge in [-0.05, 0) is 47.4 Å². The number of aromatic nitrogens is 1. The maximum Gasteiger partial charge on any atom is 0.283 e. The van der Waals surface area contributed by atoms with Crippen LogP contribution in [0.3, 0.4) is 0 Å². The first-order valence-electron chi connectivity index (χ1n) is 9.08. The van der Waals surface area contributed by atoms with Gasteiger partial charge < -0.3 is 20.7 Å². The van der Waals surface area contributed by atoms with E-state index in [-0.39, 0.29) is 5.91 Å². The third kappa shape index (κ3) is 3.24. The fourth-order valence-electron chi connectivity index (χ4n) is 3.74. The molecule has 2 aromatic carbocycles. The zero-order valence-electron chi connectivity index (χ0n) is 15.5. The number of nitrogens with two attached hydrogens (primary N) is 1. The van der Waals surface area contributed by atoms with E-state index in [9.17, 15) is 14.7 Å². The number of aliphatic hydroxyl groups is 1. The number of benzene rings is 2. The average Bonchev–Trinajstić information content (AvgIpc) is 3.22. The number of primary amides is 1. The van der Waals surface area contributed by atoms with Gasteiger partial charge in [0, 0.05) is 29.7 Å². The molecule has 28 heavy (non-hydrogen) atoms. The summed E-state index contributed by atoms with van der Waals surface area (Å²) in [5, 5.41) is 10.6. The van der Waals surface area contributed by atoms with E-state index >= 15 is 0 Å². The molecule has 0 aliphatic carbocycles. The van der Waals surface area contributed by atoms with E-state index in [2.05, 4.69) is 4.98 Å². The Labute approximate surface area is 162 Å². The van der Waals surface area contributed by atoms with Gasteiger partial charge in [0.25, 0.3) is 5.91 Å². The van der Waals surface area contributed by atoms with Gasteiger partial charge in [0.1, 0.15) is 0 Å². The van der Waals surface area contributed by atoms with Gasteiger partial charge in [-0.2, -0.15) is 0 Å². The monoisotopic (exact) mass is 375 g/mol. The molecule has 0 bridgehead atoms. The summed E-state index contributed by atoms with van der Waals surface area (Å²) in [5.41, 5.74) is 10.9. The zero-order valence-corrected chi connectivity index (χ0v) is 15.5. The van der Waals surface area contributed by atoms with Gasteiger partial charge in [-0.1, -0.05) is 30.3 Å². The molecule has 0 radical (unpaired) electrons. The molecule has 0 atom stereocenters. The number of fused-ring (bicyclic) bond motifs is 2. The smallest absolute Gasteiger partial charge is 0.283 e. The minimum absolute atomic E-state index is 0.0705. The summed E-state index contributed by atoms with van der Waals surface area (Å²) in [7, 11) is 0. The number of aliphatic hydroxyl groups excluding tert-OH is 1. The number of carbonyl (C=O) groups is 2. The number of carbonyl (C=O) groups excluding carboxylic acids is 2. The number of hydrogen-bond donors (Lipinski definition) is 3. The van der Waals surface area contributed by atoms with Crippen molar-refractivity contribution in [3.05, 3.63) is 76.2 Å². The standard InChI is InChI=1S/C22H21N3O3/c1-13-18(17-4-2-3-5-19(17)24-13)10-21(27)25-11-15-7-6-14(8-16(15)12-25)9-20(26)22(23)28/h2-9,24,26H,10-12H2,1H3,(H2,23,28)/b20-9-. The molecular weight excluding hydrogens is 354 g/mol. The number of nitrogens with one attached hydrogen (secondary N) is 1. The Balaban J connectivity index is 1.52. The quantitative estimate of drug-likeness (QED) is 0.483. The van der Waals surface area contributed by atoms with Crippen LogP contribution in [0.1, 0.15) is 27.9 Å². The highest BCUT2D eigenvalue weighted by Crippen LogP contribution is 2.27. The summed E-state index contributed by atoms with van der Waals surface area (Å²) in [6.07, 6.45) is 1.68. The lowest BCUT2D eigenvalue weighted by atomic mass is 10.1. The molecule has 1 aliphatic rings. The highest BCUT2D eigenvalue weighted by molar-refractivity contribution is 5.94.